The highest BCUT2D eigenvalue weighted by Gasteiger charge is 2.29. The third kappa shape index (κ3) is 1.02. The smallest absolute Gasteiger partial charge is 0.247 e. The summed E-state index contributed by atoms with van der Waals surface area (Å²) in [5.74, 6) is 0.0700. The van der Waals surface area contributed by atoms with Crippen molar-refractivity contribution >= 4 is 16.3 Å². The minimum Gasteiger partial charge on any atom is -0.408 e. The van der Waals surface area contributed by atoms with Gasteiger partial charge < -0.3 is 4.43 Å². The summed E-state index contributed by atoms with van der Waals surface area (Å²) in [5.41, 5.74) is 1.87. The number of carbonyl (C=O) groups excluding carboxylic acids is 1. The van der Waals surface area contributed by atoms with Crippen LogP contribution < -0.4 is 0 Å². The number of fused-ring (bicyclic) bond motifs is 1. The molecule has 1 unspecified atom stereocenters. The van der Waals surface area contributed by atoms with Crippen LogP contribution in [0.2, 0.25) is 0 Å². The normalized spacial score (nSPS) is 21.1. The molecule has 0 aliphatic heterocycles. The molecule has 0 fully saturated rings. The maximum atomic E-state index is 11.5. The minimum absolute atomic E-state index is 0.0700. The number of hydrogen-bond donors (Lipinski definition) is 0. The fourth-order valence-electron chi connectivity index (χ4n) is 1.50. The van der Waals surface area contributed by atoms with E-state index in [9.17, 15) is 4.79 Å². The summed E-state index contributed by atoms with van der Waals surface area (Å²) < 4.78 is 4.86. The molecule has 1 aliphatic rings. The van der Waals surface area contributed by atoms with Crippen molar-refractivity contribution in [3.8, 4) is 0 Å². The van der Waals surface area contributed by atoms with Gasteiger partial charge in [-0.25, -0.2) is 0 Å². The SMILES string of the molecule is O=C1c2ccccc2CC1O[Si]. The van der Waals surface area contributed by atoms with Crippen LogP contribution in [0.15, 0.2) is 24.3 Å². The molecule has 3 radical (unpaired) electrons. The molecule has 2 nitrogen and oxygen atoms in total. The van der Waals surface area contributed by atoms with Gasteiger partial charge in [0.1, 0.15) is 6.10 Å². The summed E-state index contributed by atoms with van der Waals surface area (Å²) in [6.45, 7) is 0. The lowest BCUT2D eigenvalue weighted by Crippen LogP contribution is -2.18. The Hall–Kier alpha value is -0.933. The Balaban J connectivity index is 2.42. The predicted octanol–water partition coefficient (Wildman–Crippen LogP) is 0.894. The summed E-state index contributed by atoms with van der Waals surface area (Å²) in [5, 5.41) is 0. The highest BCUT2D eigenvalue weighted by molar-refractivity contribution is 6.07. The maximum absolute atomic E-state index is 11.5. The van der Waals surface area contributed by atoms with Crippen LogP contribution in [-0.2, 0) is 10.8 Å². The molecule has 1 aliphatic carbocycles. The van der Waals surface area contributed by atoms with Crippen LogP contribution in [0.5, 0.6) is 0 Å². The second-order valence-electron chi connectivity index (χ2n) is 2.83. The number of Topliss-reactive ketones (excluding diaryl/α,β-unsaturated/α-hetero) is 1. The van der Waals surface area contributed by atoms with Gasteiger partial charge in [-0.2, -0.15) is 0 Å². The van der Waals surface area contributed by atoms with E-state index in [1.54, 1.807) is 0 Å². The molecule has 0 bridgehead atoms. The van der Waals surface area contributed by atoms with Gasteiger partial charge in [0, 0.05) is 12.0 Å². The number of carbonyl (C=O) groups is 1. The second kappa shape index (κ2) is 2.84. The average molecular weight is 175 g/mol. The molecule has 0 N–H and O–H groups in total. The fourth-order valence-corrected chi connectivity index (χ4v) is 1.69. The van der Waals surface area contributed by atoms with Crippen LogP contribution in [0.3, 0.4) is 0 Å². The van der Waals surface area contributed by atoms with E-state index in [4.69, 9.17) is 4.43 Å². The van der Waals surface area contributed by atoms with Crippen LogP contribution >= 0.6 is 0 Å². The minimum atomic E-state index is -0.334. The Labute approximate surface area is 74.1 Å². The van der Waals surface area contributed by atoms with Crippen LogP contribution in [0.1, 0.15) is 15.9 Å². The average Bonchev–Trinajstić information content (AvgIpc) is 2.44. The van der Waals surface area contributed by atoms with Crippen molar-refractivity contribution < 1.29 is 9.22 Å². The quantitative estimate of drug-likeness (QED) is 0.593. The van der Waals surface area contributed by atoms with E-state index in [1.165, 1.54) is 0 Å². The van der Waals surface area contributed by atoms with E-state index in [1.807, 2.05) is 24.3 Å². The number of benzene rings is 1. The topological polar surface area (TPSA) is 26.3 Å². The van der Waals surface area contributed by atoms with E-state index in [-0.39, 0.29) is 11.9 Å². The molecule has 0 saturated heterocycles. The second-order valence-corrected chi connectivity index (χ2v) is 3.07. The maximum Gasteiger partial charge on any atom is 0.247 e. The predicted molar refractivity (Wildman–Crippen MR) is 45.1 cm³/mol. The molecule has 0 heterocycles. The van der Waals surface area contributed by atoms with E-state index in [2.05, 4.69) is 10.5 Å². The first-order chi connectivity index (χ1) is 5.83. The van der Waals surface area contributed by atoms with E-state index in [0.717, 1.165) is 11.1 Å². The summed E-state index contributed by atoms with van der Waals surface area (Å²) in [6, 6.07) is 7.59. The highest BCUT2D eigenvalue weighted by atomic mass is 28.2. The summed E-state index contributed by atoms with van der Waals surface area (Å²) in [6.07, 6.45) is 0.345. The summed E-state index contributed by atoms with van der Waals surface area (Å²) in [4.78, 5) is 11.5. The largest absolute Gasteiger partial charge is 0.408 e. The van der Waals surface area contributed by atoms with E-state index < -0.39 is 0 Å². The van der Waals surface area contributed by atoms with Crippen molar-refractivity contribution in [2.75, 3.05) is 0 Å². The van der Waals surface area contributed by atoms with Crippen LogP contribution in [-0.4, -0.2) is 22.4 Å². The van der Waals surface area contributed by atoms with Gasteiger partial charge in [-0.1, -0.05) is 24.3 Å². The molecule has 1 aromatic rings. The zero-order valence-corrected chi connectivity index (χ0v) is 7.41. The van der Waals surface area contributed by atoms with Gasteiger partial charge in [-0.05, 0) is 5.56 Å². The first-order valence-electron chi connectivity index (χ1n) is 3.77. The van der Waals surface area contributed by atoms with Crippen molar-refractivity contribution in [2.45, 2.75) is 12.5 Å². The van der Waals surface area contributed by atoms with Gasteiger partial charge in [0.25, 0.3) is 0 Å². The molecular weight excluding hydrogens is 168 g/mol. The zero-order chi connectivity index (χ0) is 8.55. The van der Waals surface area contributed by atoms with Crippen molar-refractivity contribution in [2.24, 2.45) is 0 Å². The molecule has 0 amide bonds. The third-order valence-corrected chi connectivity index (χ3v) is 2.41. The molecule has 1 aromatic carbocycles. The molecule has 0 aromatic heterocycles. The van der Waals surface area contributed by atoms with E-state index >= 15 is 0 Å². The van der Waals surface area contributed by atoms with Crippen LogP contribution in [0.25, 0.3) is 0 Å². The van der Waals surface area contributed by atoms with Crippen LogP contribution in [0, 0.1) is 0 Å². The van der Waals surface area contributed by atoms with E-state index in [0.29, 0.717) is 6.42 Å². The first kappa shape index (κ1) is 7.70. The summed E-state index contributed by atoms with van der Waals surface area (Å²) in [7, 11) is 2.90. The first-order valence-corrected chi connectivity index (χ1v) is 4.18. The lowest BCUT2D eigenvalue weighted by Gasteiger charge is -2.02. The van der Waals surface area contributed by atoms with Gasteiger partial charge in [-0.15, -0.1) is 0 Å². The lowest BCUT2D eigenvalue weighted by molar-refractivity contribution is 0.0835. The molecule has 0 spiro atoms. The Morgan fingerprint density at radius 2 is 2.17 bits per heavy atom. The Morgan fingerprint density at radius 1 is 1.42 bits per heavy atom. The summed E-state index contributed by atoms with van der Waals surface area (Å²) >= 11 is 0. The van der Waals surface area contributed by atoms with Gasteiger partial charge in [-0.3, -0.25) is 4.79 Å². The van der Waals surface area contributed by atoms with Gasteiger partial charge in [0.2, 0.25) is 10.5 Å². The van der Waals surface area contributed by atoms with Crippen molar-refractivity contribution in [1.29, 1.82) is 0 Å². The fraction of sp³-hybridized carbons (Fsp3) is 0.222. The number of ketones is 1. The number of hydrogen-bond acceptors (Lipinski definition) is 2. The van der Waals surface area contributed by atoms with Crippen molar-refractivity contribution in [3.05, 3.63) is 35.4 Å². The van der Waals surface area contributed by atoms with Gasteiger partial charge >= 0.3 is 0 Å². The zero-order valence-electron chi connectivity index (χ0n) is 6.41. The number of rotatable bonds is 1. The Morgan fingerprint density at radius 3 is 2.83 bits per heavy atom. The molecule has 12 heavy (non-hydrogen) atoms. The third-order valence-electron chi connectivity index (χ3n) is 2.12. The highest BCUT2D eigenvalue weighted by Crippen LogP contribution is 2.22. The van der Waals surface area contributed by atoms with Crippen molar-refractivity contribution in [1.82, 2.24) is 0 Å². The standard InChI is InChI=1S/C9H7O2Si/c10-9-7-4-2-1-3-6(7)5-8(9)11-12/h1-4,8H,5H2. The Bertz CT molecular complexity index is 322. The molecular formula is C9H7O2Si. The Kier molecular flexibility index (Phi) is 1.82. The molecule has 2 rings (SSSR count). The monoisotopic (exact) mass is 175 g/mol. The van der Waals surface area contributed by atoms with Gasteiger partial charge in [0.05, 0.1) is 0 Å². The van der Waals surface area contributed by atoms with Crippen LogP contribution in [0.4, 0.5) is 0 Å². The molecule has 1 atom stereocenters. The lowest BCUT2D eigenvalue weighted by atomic mass is 10.1. The molecule has 59 valence electrons. The van der Waals surface area contributed by atoms with Gasteiger partial charge in [0.15, 0.2) is 5.78 Å². The molecule has 3 heteroatoms. The van der Waals surface area contributed by atoms with Crippen molar-refractivity contribution in [3.63, 3.8) is 0 Å². The molecule has 0 saturated carbocycles.